The Morgan fingerprint density at radius 3 is 3.11 bits per heavy atom. The molecule has 0 fully saturated rings. The number of ether oxygens (including phenoxy) is 1. The second-order valence-electron chi connectivity index (χ2n) is 4.03. The van der Waals surface area contributed by atoms with Gasteiger partial charge in [-0.05, 0) is 18.2 Å². The van der Waals surface area contributed by atoms with E-state index in [1.165, 1.54) is 0 Å². The van der Waals surface area contributed by atoms with Crippen molar-refractivity contribution in [3.63, 3.8) is 0 Å². The average Bonchev–Trinajstić information content (AvgIpc) is 2.67. The van der Waals surface area contributed by atoms with Gasteiger partial charge in [-0.2, -0.15) is 5.10 Å². The maximum absolute atomic E-state index is 11.3. The molecule has 0 atom stereocenters. The molecule has 18 heavy (non-hydrogen) atoms. The first-order valence-corrected chi connectivity index (χ1v) is 6.26. The zero-order chi connectivity index (χ0) is 12.7. The number of nitrogens with two attached hydrogens (primary N) is 1. The van der Waals surface area contributed by atoms with E-state index in [1.807, 2.05) is 18.2 Å². The van der Waals surface area contributed by atoms with Gasteiger partial charge in [0.15, 0.2) is 0 Å². The van der Waals surface area contributed by atoms with Crippen LogP contribution in [0, 0.1) is 0 Å². The minimum atomic E-state index is -0.498. The number of aromatic amines is 1. The van der Waals surface area contributed by atoms with Gasteiger partial charge in [0.1, 0.15) is 11.4 Å². The number of H-pyrrole nitrogens is 1. The number of carbonyl (C=O) groups excluding carboxylic acids is 1. The standard InChI is InChI=1S/C12H10BrN3O2/c13-6-1-2-9-8(5-6)10-7(3-4-18-9)11(12(14)17)16-15-10/h1-2,5H,3-4H2,(H2,14,17)(H,15,16). The SMILES string of the molecule is NC(=O)c1[nH]nc2c1CCOc1ccc(Br)cc1-2. The van der Waals surface area contributed by atoms with Crippen LogP contribution in [0.15, 0.2) is 22.7 Å². The molecule has 0 aliphatic carbocycles. The Hall–Kier alpha value is -1.82. The Kier molecular flexibility index (Phi) is 2.59. The Bertz CT molecular complexity index is 636. The molecular formula is C12H10BrN3O2. The molecule has 0 radical (unpaired) electrons. The van der Waals surface area contributed by atoms with Crippen LogP contribution < -0.4 is 10.5 Å². The third kappa shape index (κ3) is 1.69. The number of hydrogen-bond acceptors (Lipinski definition) is 3. The van der Waals surface area contributed by atoms with E-state index in [0.29, 0.717) is 18.7 Å². The van der Waals surface area contributed by atoms with Gasteiger partial charge in [-0.3, -0.25) is 9.89 Å². The summed E-state index contributed by atoms with van der Waals surface area (Å²) in [5, 5.41) is 6.90. The highest BCUT2D eigenvalue weighted by Crippen LogP contribution is 2.36. The van der Waals surface area contributed by atoms with Gasteiger partial charge in [-0.15, -0.1) is 0 Å². The fraction of sp³-hybridized carbons (Fsp3) is 0.167. The van der Waals surface area contributed by atoms with E-state index in [0.717, 1.165) is 27.0 Å². The molecule has 3 rings (SSSR count). The Labute approximate surface area is 111 Å². The lowest BCUT2D eigenvalue weighted by atomic mass is 10.0. The highest BCUT2D eigenvalue weighted by atomic mass is 79.9. The number of nitrogens with zero attached hydrogens (tertiary/aromatic N) is 1. The lowest BCUT2D eigenvalue weighted by molar-refractivity contribution is 0.0994. The lowest BCUT2D eigenvalue weighted by Gasteiger charge is -2.06. The van der Waals surface area contributed by atoms with Gasteiger partial charge in [-0.25, -0.2) is 0 Å². The van der Waals surface area contributed by atoms with Crippen molar-refractivity contribution in [1.82, 2.24) is 10.2 Å². The fourth-order valence-corrected chi connectivity index (χ4v) is 2.47. The second kappa shape index (κ2) is 4.13. The first-order chi connectivity index (χ1) is 8.66. The Morgan fingerprint density at radius 2 is 2.33 bits per heavy atom. The molecule has 0 spiro atoms. The normalized spacial score (nSPS) is 13.2. The van der Waals surface area contributed by atoms with Crippen molar-refractivity contribution in [1.29, 1.82) is 0 Å². The van der Waals surface area contributed by atoms with Crippen LogP contribution in [0.4, 0.5) is 0 Å². The molecule has 3 N–H and O–H groups in total. The largest absolute Gasteiger partial charge is 0.493 e. The summed E-state index contributed by atoms with van der Waals surface area (Å²) in [5.41, 5.74) is 8.10. The summed E-state index contributed by atoms with van der Waals surface area (Å²) in [6.07, 6.45) is 0.608. The number of hydrogen-bond donors (Lipinski definition) is 2. The van der Waals surface area contributed by atoms with E-state index in [4.69, 9.17) is 10.5 Å². The number of fused-ring (bicyclic) bond motifs is 3. The number of carbonyl (C=O) groups is 1. The zero-order valence-corrected chi connectivity index (χ0v) is 11.0. The quantitative estimate of drug-likeness (QED) is 0.844. The average molecular weight is 308 g/mol. The number of benzene rings is 1. The van der Waals surface area contributed by atoms with Crippen LogP contribution in [0.1, 0.15) is 16.1 Å². The van der Waals surface area contributed by atoms with Gasteiger partial charge in [0, 0.05) is 22.0 Å². The fourth-order valence-electron chi connectivity index (χ4n) is 2.11. The van der Waals surface area contributed by atoms with Crippen molar-refractivity contribution in [2.75, 3.05) is 6.61 Å². The number of aromatic nitrogens is 2. The summed E-state index contributed by atoms with van der Waals surface area (Å²) in [6.45, 7) is 0.501. The van der Waals surface area contributed by atoms with Crippen molar-refractivity contribution in [2.24, 2.45) is 5.73 Å². The van der Waals surface area contributed by atoms with Gasteiger partial charge in [0.25, 0.3) is 5.91 Å². The molecule has 0 unspecified atom stereocenters. The first kappa shape index (κ1) is 11.3. The summed E-state index contributed by atoms with van der Waals surface area (Å²) in [7, 11) is 0. The van der Waals surface area contributed by atoms with Crippen molar-refractivity contribution < 1.29 is 9.53 Å². The predicted molar refractivity (Wildman–Crippen MR) is 69.4 cm³/mol. The van der Waals surface area contributed by atoms with E-state index in [2.05, 4.69) is 26.1 Å². The number of rotatable bonds is 1. The number of amides is 1. The van der Waals surface area contributed by atoms with Gasteiger partial charge < -0.3 is 10.5 Å². The first-order valence-electron chi connectivity index (χ1n) is 5.46. The summed E-state index contributed by atoms with van der Waals surface area (Å²) >= 11 is 3.42. The van der Waals surface area contributed by atoms with Crippen LogP contribution in [0.5, 0.6) is 5.75 Å². The van der Waals surface area contributed by atoms with Gasteiger partial charge in [0.05, 0.1) is 12.3 Å². The van der Waals surface area contributed by atoms with Gasteiger partial charge >= 0.3 is 0 Å². The molecule has 1 amide bonds. The van der Waals surface area contributed by atoms with Gasteiger partial charge in [-0.1, -0.05) is 15.9 Å². The number of halogens is 1. The molecule has 0 saturated heterocycles. The van der Waals surface area contributed by atoms with Gasteiger partial charge in [0.2, 0.25) is 0 Å². The van der Waals surface area contributed by atoms with E-state index in [-0.39, 0.29) is 0 Å². The van der Waals surface area contributed by atoms with Crippen molar-refractivity contribution in [2.45, 2.75) is 6.42 Å². The topological polar surface area (TPSA) is 81.0 Å². The molecule has 1 aliphatic rings. The Balaban J connectivity index is 2.25. The smallest absolute Gasteiger partial charge is 0.267 e. The number of primary amides is 1. The highest BCUT2D eigenvalue weighted by Gasteiger charge is 2.23. The zero-order valence-electron chi connectivity index (χ0n) is 9.37. The molecule has 92 valence electrons. The summed E-state index contributed by atoms with van der Waals surface area (Å²) in [5.74, 6) is 0.265. The molecule has 2 aromatic rings. The maximum Gasteiger partial charge on any atom is 0.267 e. The summed E-state index contributed by atoms with van der Waals surface area (Å²) < 4.78 is 6.58. The molecule has 5 nitrogen and oxygen atoms in total. The van der Waals surface area contributed by atoms with Crippen LogP contribution in [-0.2, 0) is 6.42 Å². The minimum Gasteiger partial charge on any atom is -0.493 e. The third-order valence-corrected chi connectivity index (χ3v) is 3.41. The van der Waals surface area contributed by atoms with E-state index in [9.17, 15) is 4.79 Å². The van der Waals surface area contributed by atoms with Crippen LogP contribution in [0.3, 0.4) is 0 Å². The van der Waals surface area contributed by atoms with Crippen molar-refractivity contribution >= 4 is 21.8 Å². The van der Waals surface area contributed by atoms with Crippen LogP contribution >= 0.6 is 15.9 Å². The van der Waals surface area contributed by atoms with E-state index in [1.54, 1.807) is 0 Å². The van der Waals surface area contributed by atoms with Crippen LogP contribution in [-0.4, -0.2) is 22.7 Å². The maximum atomic E-state index is 11.3. The minimum absolute atomic E-state index is 0.362. The van der Waals surface area contributed by atoms with Crippen LogP contribution in [0.25, 0.3) is 11.3 Å². The Morgan fingerprint density at radius 1 is 1.50 bits per heavy atom. The monoisotopic (exact) mass is 307 g/mol. The highest BCUT2D eigenvalue weighted by molar-refractivity contribution is 9.10. The molecule has 0 bridgehead atoms. The number of nitrogens with one attached hydrogen (secondary N) is 1. The second-order valence-corrected chi connectivity index (χ2v) is 4.94. The molecule has 6 heteroatoms. The lowest BCUT2D eigenvalue weighted by Crippen LogP contribution is -2.14. The third-order valence-electron chi connectivity index (χ3n) is 2.92. The van der Waals surface area contributed by atoms with E-state index >= 15 is 0 Å². The molecule has 0 saturated carbocycles. The van der Waals surface area contributed by atoms with Crippen LogP contribution in [0.2, 0.25) is 0 Å². The summed E-state index contributed by atoms with van der Waals surface area (Å²) in [4.78, 5) is 11.3. The molecular weight excluding hydrogens is 298 g/mol. The molecule has 1 aliphatic heterocycles. The molecule has 2 heterocycles. The predicted octanol–water partition coefficient (Wildman–Crippen LogP) is 1.87. The summed E-state index contributed by atoms with van der Waals surface area (Å²) in [6, 6.07) is 5.71. The van der Waals surface area contributed by atoms with E-state index < -0.39 is 5.91 Å². The molecule has 1 aromatic heterocycles. The van der Waals surface area contributed by atoms with Crippen molar-refractivity contribution in [3.05, 3.63) is 33.9 Å². The van der Waals surface area contributed by atoms with Crippen molar-refractivity contribution in [3.8, 4) is 17.0 Å². The molecule has 1 aromatic carbocycles.